The summed E-state index contributed by atoms with van der Waals surface area (Å²) >= 11 is 0. The van der Waals surface area contributed by atoms with Crippen LogP contribution < -0.4 is 0 Å². The summed E-state index contributed by atoms with van der Waals surface area (Å²) in [4.78, 5) is 10.8. The van der Waals surface area contributed by atoms with E-state index in [2.05, 4.69) is 6.58 Å². The third kappa shape index (κ3) is 0.892. The highest BCUT2D eigenvalue weighted by Gasteiger charge is 2.62. The van der Waals surface area contributed by atoms with Gasteiger partial charge in [-0.25, -0.2) is 0 Å². The van der Waals surface area contributed by atoms with Gasteiger partial charge in [-0.2, -0.15) is 0 Å². The summed E-state index contributed by atoms with van der Waals surface area (Å²) in [7, 11) is 0. The topological polar surface area (TPSA) is 52.4 Å². The van der Waals surface area contributed by atoms with Crippen LogP contribution in [-0.4, -0.2) is 22.7 Å². The molecule has 1 heterocycles. The molecule has 0 amide bonds. The molecule has 1 unspecified atom stereocenters. The number of hydrogen-bond acceptors (Lipinski definition) is 3. The molecule has 0 N–H and O–H groups in total. The molecule has 0 aromatic heterocycles. The molecule has 0 bridgehead atoms. The maximum atomic E-state index is 11.0. The van der Waals surface area contributed by atoms with Crippen molar-refractivity contribution in [2.45, 2.75) is 43.9 Å². The number of ether oxygens (including phenoxy) is 1. The Morgan fingerprint density at radius 1 is 1.77 bits per heavy atom. The van der Waals surface area contributed by atoms with Gasteiger partial charge in [0.15, 0.2) is 0 Å². The van der Waals surface area contributed by atoms with Crippen LogP contribution in [0.1, 0.15) is 26.2 Å². The molecule has 1 aliphatic carbocycles. The van der Waals surface area contributed by atoms with Gasteiger partial charge in [0, 0.05) is 16.9 Å². The Morgan fingerprint density at radius 3 is 3.00 bits per heavy atom. The second-order valence-electron chi connectivity index (χ2n) is 3.87. The normalized spacial score (nSPS) is 43.6. The molecular formula is C9H13NO3. The molecule has 0 spiro atoms. The van der Waals surface area contributed by atoms with E-state index < -0.39 is 5.54 Å². The minimum absolute atomic E-state index is 0.157. The molecule has 3 atom stereocenters. The van der Waals surface area contributed by atoms with Crippen LogP contribution in [0.5, 0.6) is 0 Å². The van der Waals surface area contributed by atoms with E-state index in [1.165, 1.54) is 0 Å². The van der Waals surface area contributed by atoms with E-state index in [-0.39, 0.29) is 17.1 Å². The second-order valence-corrected chi connectivity index (χ2v) is 3.87. The monoisotopic (exact) mass is 183 g/mol. The quantitative estimate of drug-likeness (QED) is 0.352. The second kappa shape index (κ2) is 2.54. The van der Waals surface area contributed by atoms with Crippen molar-refractivity contribution >= 4 is 0 Å². The van der Waals surface area contributed by atoms with E-state index in [9.17, 15) is 10.1 Å². The van der Waals surface area contributed by atoms with Crippen LogP contribution in [0.2, 0.25) is 0 Å². The van der Waals surface area contributed by atoms with Crippen LogP contribution in [0.15, 0.2) is 12.2 Å². The molecule has 72 valence electrons. The van der Waals surface area contributed by atoms with Crippen molar-refractivity contribution in [1.29, 1.82) is 0 Å². The summed E-state index contributed by atoms with van der Waals surface area (Å²) in [6, 6.07) is 0. The number of nitro groups is 1. The van der Waals surface area contributed by atoms with Crippen LogP contribution in [0.3, 0.4) is 0 Å². The molecule has 2 rings (SSSR count). The lowest BCUT2D eigenvalue weighted by Gasteiger charge is -2.18. The van der Waals surface area contributed by atoms with Gasteiger partial charge in [-0.05, 0) is 19.8 Å². The SMILES string of the molecule is C=C1C(C)O[C@H]2CCC[C@@]12[N+](=O)[O-]. The first-order valence-corrected chi connectivity index (χ1v) is 4.58. The van der Waals surface area contributed by atoms with Crippen molar-refractivity contribution in [2.75, 3.05) is 0 Å². The average molecular weight is 183 g/mol. The summed E-state index contributed by atoms with van der Waals surface area (Å²) in [5.74, 6) is 0. The van der Waals surface area contributed by atoms with Gasteiger partial charge in [0.25, 0.3) is 5.54 Å². The highest BCUT2D eigenvalue weighted by atomic mass is 16.6. The van der Waals surface area contributed by atoms with E-state index in [0.29, 0.717) is 12.0 Å². The lowest BCUT2D eigenvalue weighted by Crippen LogP contribution is -2.42. The summed E-state index contributed by atoms with van der Waals surface area (Å²) < 4.78 is 5.52. The Morgan fingerprint density at radius 2 is 2.46 bits per heavy atom. The smallest absolute Gasteiger partial charge is 0.271 e. The zero-order valence-corrected chi connectivity index (χ0v) is 7.66. The van der Waals surface area contributed by atoms with Crippen LogP contribution in [0.4, 0.5) is 0 Å². The molecule has 0 aromatic rings. The lowest BCUT2D eigenvalue weighted by molar-refractivity contribution is -0.561. The zero-order valence-electron chi connectivity index (χ0n) is 7.66. The van der Waals surface area contributed by atoms with Gasteiger partial charge >= 0.3 is 0 Å². The first-order chi connectivity index (χ1) is 6.09. The van der Waals surface area contributed by atoms with E-state index in [0.717, 1.165) is 12.8 Å². The molecule has 1 saturated heterocycles. The Kier molecular flexibility index (Phi) is 1.70. The fraction of sp³-hybridized carbons (Fsp3) is 0.778. The van der Waals surface area contributed by atoms with Crippen LogP contribution in [0.25, 0.3) is 0 Å². The maximum absolute atomic E-state index is 11.0. The van der Waals surface area contributed by atoms with E-state index in [1.807, 2.05) is 6.92 Å². The first-order valence-electron chi connectivity index (χ1n) is 4.58. The van der Waals surface area contributed by atoms with E-state index in [1.54, 1.807) is 0 Å². The molecular weight excluding hydrogens is 170 g/mol. The number of hydrogen-bond donors (Lipinski definition) is 0. The third-order valence-corrected chi connectivity index (χ3v) is 3.30. The number of fused-ring (bicyclic) bond motifs is 1. The molecule has 2 fully saturated rings. The van der Waals surface area contributed by atoms with Crippen molar-refractivity contribution in [3.05, 3.63) is 22.3 Å². The standard InChI is InChI=1S/C9H13NO3/c1-6-7(2)13-8-4-3-5-9(6,8)10(11)12/h7-8H,1,3-5H2,2H3/t7?,8-,9+/m0/s1. The fourth-order valence-electron chi connectivity index (χ4n) is 2.51. The minimum atomic E-state index is -0.959. The Balaban J connectivity index is 2.41. The van der Waals surface area contributed by atoms with E-state index >= 15 is 0 Å². The fourth-order valence-corrected chi connectivity index (χ4v) is 2.51. The van der Waals surface area contributed by atoms with Crippen molar-refractivity contribution in [1.82, 2.24) is 0 Å². The van der Waals surface area contributed by atoms with Gasteiger partial charge in [0.05, 0.1) is 6.10 Å². The predicted molar refractivity (Wildman–Crippen MR) is 47.1 cm³/mol. The van der Waals surface area contributed by atoms with Crippen LogP contribution in [0, 0.1) is 10.1 Å². The third-order valence-electron chi connectivity index (χ3n) is 3.30. The van der Waals surface area contributed by atoms with Crippen molar-refractivity contribution in [3.8, 4) is 0 Å². The summed E-state index contributed by atoms with van der Waals surface area (Å²) in [6.45, 7) is 5.64. The summed E-state index contributed by atoms with van der Waals surface area (Å²) in [5.41, 5.74) is -0.306. The largest absolute Gasteiger partial charge is 0.363 e. The highest BCUT2D eigenvalue weighted by Crippen LogP contribution is 2.47. The van der Waals surface area contributed by atoms with Gasteiger partial charge in [-0.1, -0.05) is 6.58 Å². The predicted octanol–water partition coefficient (Wildman–Crippen LogP) is 1.53. The molecule has 1 saturated carbocycles. The van der Waals surface area contributed by atoms with E-state index in [4.69, 9.17) is 4.74 Å². The van der Waals surface area contributed by atoms with Crippen molar-refractivity contribution in [2.24, 2.45) is 0 Å². The lowest BCUT2D eigenvalue weighted by atomic mass is 9.88. The maximum Gasteiger partial charge on any atom is 0.271 e. The van der Waals surface area contributed by atoms with Crippen LogP contribution in [-0.2, 0) is 4.74 Å². The van der Waals surface area contributed by atoms with Crippen molar-refractivity contribution < 1.29 is 9.66 Å². The average Bonchev–Trinajstić information content (AvgIpc) is 2.55. The molecule has 4 heteroatoms. The molecule has 1 aliphatic heterocycles. The Bertz CT molecular complexity index is 276. The molecule has 2 aliphatic rings. The van der Waals surface area contributed by atoms with Gasteiger partial charge in [0.2, 0.25) is 0 Å². The molecule has 0 radical (unpaired) electrons. The highest BCUT2D eigenvalue weighted by molar-refractivity contribution is 5.26. The van der Waals surface area contributed by atoms with Gasteiger partial charge in [-0.15, -0.1) is 0 Å². The molecule has 13 heavy (non-hydrogen) atoms. The Labute approximate surface area is 76.7 Å². The number of nitrogens with zero attached hydrogens (tertiary/aromatic N) is 1. The van der Waals surface area contributed by atoms with Gasteiger partial charge in [0.1, 0.15) is 6.10 Å². The molecule has 0 aromatic carbocycles. The zero-order chi connectivity index (χ0) is 9.64. The number of rotatable bonds is 1. The summed E-state index contributed by atoms with van der Waals surface area (Å²) in [6.07, 6.45) is 1.87. The first kappa shape index (κ1) is 8.69. The van der Waals surface area contributed by atoms with Crippen molar-refractivity contribution in [3.63, 3.8) is 0 Å². The van der Waals surface area contributed by atoms with Gasteiger partial charge < -0.3 is 4.74 Å². The molecule has 4 nitrogen and oxygen atoms in total. The summed E-state index contributed by atoms with van der Waals surface area (Å²) in [5, 5.41) is 11.0. The van der Waals surface area contributed by atoms with Gasteiger partial charge in [-0.3, -0.25) is 10.1 Å². The van der Waals surface area contributed by atoms with Crippen LogP contribution >= 0.6 is 0 Å². The minimum Gasteiger partial charge on any atom is -0.363 e. The Hall–Kier alpha value is -0.900.